The fourth-order valence-electron chi connectivity index (χ4n) is 10.0. The van der Waals surface area contributed by atoms with Gasteiger partial charge in [-0.3, -0.25) is 0 Å². The van der Waals surface area contributed by atoms with E-state index in [1.807, 2.05) is 0 Å². The van der Waals surface area contributed by atoms with Crippen LogP contribution in [0.3, 0.4) is 0 Å². The summed E-state index contributed by atoms with van der Waals surface area (Å²) in [5.74, 6) is 1.89. The van der Waals surface area contributed by atoms with Gasteiger partial charge in [-0.2, -0.15) is 0 Å². The maximum atomic E-state index is 2.77. The number of rotatable bonds is 10. The molecule has 0 spiro atoms. The Morgan fingerprint density at radius 3 is 1.51 bits per heavy atom. The van der Waals surface area contributed by atoms with Crippen molar-refractivity contribution in [2.24, 2.45) is 11.8 Å². The van der Waals surface area contributed by atoms with Crippen LogP contribution in [0.4, 0.5) is 0 Å². The van der Waals surface area contributed by atoms with Gasteiger partial charge in [0.1, 0.15) is 0 Å². The number of hydrogen-bond acceptors (Lipinski definition) is 0. The molecule has 0 N–H and O–H groups in total. The molecule has 4 fully saturated rings. The van der Waals surface area contributed by atoms with Crippen molar-refractivity contribution in [3.63, 3.8) is 0 Å². The Bertz CT molecular complexity index is 857. The number of halogens is 2. The number of unbranched alkanes of at least 4 members (excludes halogenated alkanes) is 2. The van der Waals surface area contributed by atoms with E-state index in [9.17, 15) is 0 Å². The van der Waals surface area contributed by atoms with Crippen molar-refractivity contribution >= 4 is 16.1 Å². The zero-order valence-electron chi connectivity index (χ0n) is 23.6. The third-order valence-corrected chi connectivity index (χ3v) is 45.1. The quantitative estimate of drug-likeness (QED) is 0.293. The van der Waals surface area contributed by atoms with Gasteiger partial charge in [0.25, 0.3) is 0 Å². The smallest absolute Gasteiger partial charge is 1.00 e. The largest absolute Gasteiger partial charge is 1.00 e. The predicted molar refractivity (Wildman–Crippen MR) is 154 cm³/mol. The third kappa shape index (κ3) is 4.77. The Kier molecular flexibility index (Phi) is 10.3. The second-order valence-corrected chi connectivity index (χ2v) is 33.9. The van der Waals surface area contributed by atoms with Gasteiger partial charge in [0.05, 0.1) is 0 Å². The van der Waals surface area contributed by atoms with Crippen LogP contribution in [-0.2, 0) is 22.9 Å². The molecule has 37 heavy (non-hydrogen) atoms. The summed E-state index contributed by atoms with van der Waals surface area (Å²) in [5, 5.41) is 0. The molecule has 2 aliphatic heterocycles. The van der Waals surface area contributed by atoms with Crippen LogP contribution in [0.15, 0.2) is 47.6 Å². The van der Waals surface area contributed by atoms with E-state index in [1.165, 1.54) is 25.7 Å². The van der Waals surface area contributed by atoms with Crippen molar-refractivity contribution in [2.45, 2.75) is 133 Å². The van der Waals surface area contributed by atoms with Crippen molar-refractivity contribution in [2.75, 3.05) is 0 Å². The molecule has 0 amide bonds. The van der Waals surface area contributed by atoms with E-state index in [4.69, 9.17) is 0 Å². The first kappa shape index (κ1) is 30.8. The molecule has 0 radical (unpaired) electrons. The number of allylic oxidation sites excluding steroid dienone is 8. The molecule has 2 saturated heterocycles. The van der Waals surface area contributed by atoms with Crippen LogP contribution < -0.4 is 24.8 Å². The van der Waals surface area contributed by atoms with Crippen LogP contribution in [0.25, 0.3) is 0 Å². The molecule has 0 aromatic rings. The summed E-state index contributed by atoms with van der Waals surface area (Å²) in [7, 11) is -2.40. The Balaban J connectivity index is 0.00000160. The van der Waals surface area contributed by atoms with Crippen molar-refractivity contribution < 1.29 is 47.7 Å². The number of fused-ring (bicyclic) bond motifs is 2. The SMILES string of the molecule is CCCC[Si]1([C]2([Hf+2][C]3([Si]4(CCCC)CCC4)CCC4CC=CC=C43)CCC3CC=CC=C32)CCC1.[Cl-].[Cl-]. The van der Waals surface area contributed by atoms with Gasteiger partial charge < -0.3 is 24.8 Å². The fraction of sp³-hybridized carbons (Fsp3) is 0.750. The minimum atomic E-state index is -1.20. The molecule has 204 valence electrons. The standard InChI is InChI=1S/2C16H25Si.2ClH.Hf/c2*1-2-3-11-17(12-6-13-17)16-10-9-14-7-4-5-8-15(14)16;;;/h2*4-5,8,14H,2-3,6-7,9-13H2,1H3;2*1H;/q;;;;+2/p-2. The molecule has 4 aliphatic carbocycles. The minimum Gasteiger partial charge on any atom is -1.00 e. The molecule has 0 aromatic carbocycles. The molecule has 0 nitrogen and oxygen atoms in total. The molecule has 0 aromatic heterocycles. The van der Waals surface area contributed by atoms with Crippen LogP contribution in [0.1, 0.15) is 90.9 Å². The predicted octanol–water partition coefficient (Wildman–Crippen LogP) is 4.37. The number of hydrogen-bond donors (Lipinski definition) is 0. The first-order chi connectivity index (χ1) is 17.1. The van der Waals surface area contributed by atoms with Crippen molar-refractivity contribution in [1.82, 2.24) is 0 Å². The first-order valence-corrected chi connectivity index (χ1v) is 24.5. The summed E-state index contributed by atoms with van der Waals surface area (Å²) >= 11 is -0.998. The molecule has 0 bridgehead atoms. The summed E-state index contributed by atoms with van der Waals surface area (Å²) < 4.78 is 1.68. The van der Waals surface area contributed by atoms with Crippen LogP contribution in [0, 0.1) is 11.8 Å². The molecule has 6 rings (SSSR count). The molecular weight excluding hydrogens is 690 g/mol. The first-order valence-electron chi connectivity index (χ1n) is 15.7. The molecule has 4 unspecified atom stereocenters. The topological polar surface area (TPSA) is 0 Å². The summed E-state index contributed by atoms with van der Waals surface area (Å²) in [4.78, 5) is 0. The zero-order chi connectivity index (χ0) is 24.0. The van der Waals surface area contributed by atoms with Gasteiger partial charge in [0.2, 0.25) is 0 Å². The maximum Gasteiger partial charge on any atom is -1.00 e. The van der Waals surface area contributed by atoms with Gasteiger partial charge in [-0.25, -0.2) is 0 Å². The fourth-order valence-corrected chi connectivity index (χ4v) is 47.7. The minimum absolute atomic E-state index is 0. The van der Waals surface area contributed by atoms with Gasteiger partial charge >= 0.3 is 231 Å². The monoisotopic (exact) mass is 740 g/mol. The Labute approximate surface area is 254 Å². The van der Waals surface area contributed by atoms with Crippen molar-refractivity contribution in [3.05, 3.63) is 47.6 Å². The van der Waals surface area contributed by atoms with Gasteiger partial charge in [0, 0.05) is 0 Å². The molecule has 4 atom stereocenters. The average Bonchev–Trinajstić information content (AvgIpc) is 3.39. The van der Waals surface area contributed by atoms with E-state index in [2.05, 4.69) is 61.4 Å². The Morgan fingerprint density at radius 2 is 1.16 bits per heavy atom. The molecule has 6 aliphatic rings. The Morgan fingerprint density at radius 1 is 0.730 bits per heavy atom. The van der Waals surface area contributed by atoms with Crippen LogP contribution in [-0.4, -0.2) is 16.1 Å². The van der Waals surface area contributed by atoms with Gasteiger partial charge in [0.15, 0.2) is 0 Å². The average molecular weight is 740 g/mol. The zero-order valence-corrected chi connectivity index (χ0v) is 30.7. The van der Waals surface area contributed by atoms with E-state index < -0.39 is 39.1 Å². The molecule has 2 saturated carbocycles. The van der Waals surface area contributed by atoms with Crippen LogP contribution >= 0.6 is 0 Å². The van der Waals surface area contributed by atoms with E-state index in [-0.39, 0.29) is 24.8 Å². The summed E-state index contributed by atoms with van der Waals surface area (Å²) in [6.07, 6.45) is 34.0. The third-order valence-electron chi connectivity index (χ3n) is 12.1. The maximum absolute atomic E-state index is 2.77. The molecule has 2 heterocycles. The summed E-state index contributed by atoms with van der Waals surface area (Å²) in [5.41, 5.74) is 4.22. The van der Waals surface area contributed by atoms with Crippen molar-refractivity contribution in [1.29, 1.82) is 0 Å². The molecular formula is C32H50Cl2HfSi2. The van der Waals surface area contributed by atoms with Gasteiger partial charge in [-0.05, 0) is 0 Å². The summed E-state index contributed by atoms with van der Waals surface area (Å²) in [6, 6.07) is 10.3. The second kappa shape index (κ2) is 12.4. The summed E-state index contributed by atoms with van der Waals surface area (Å²) in [6.45, 7) is 4.94. The van der Waals surface area contributed by atoms with Gasteiger partial charge in [-0.15, -0.1) is 0 Å². The van der Waals surface area contributed by atoms with E-state index in [1.54, 1.807) is 87.6 Å². The second-order valence-electron chi connectivity index (χ2n) is 13.5. The normalized spacial score (nSPS) is 35.9. The van der Waals surface area contributed by atoms with Crippen LogP contribution in [0.5, 0.6) is 0 Å². The van der Waals surface area contributed by atoms with E-state index in [0.717, 1.165) is 17.4 Å². The molecule has 5 heteroatoms. The van der Waals surface area contributed by atoms with Gasteiger partial charge in [-0.1, -0.05) is 0 Å². The van der Waals surface area contributed by atoms with Crippen molar-refractivity contribution in [3.8, 4) is 0 Å². The van der Waals surface area contributed by atoms with Crippen LogP contribution in [0.2, 0.25) is 41.9 Å². The van der Waals surface area contributed by atoms with E-state index >= 15 is 0 Å². The van der Waals surface area contributed by atoms with E-state index in [0.29, 0.717) is 0 Å². The Hall–Kier alpha value is 0.844.